The summed E-state index contributed by atoms with van der Waals surface area (Å²) in [4.78, 5) is 0. The molecule has 1 rings (SSSR count). The first-order valence-electron chi connectivity index (χ1n) is 3.47. The molecular formula is C10H8I. The van der Waals surface area contributed by atoms with Gasteiger partial charge in [-0.05, 0) is 53.1 Å². The van der Waals surface area contributed by atoms with Crippen LogP contribution in [0.2, 0.25) is 0 Å². The van der Waals surface area contributed by atoms with Crippen molar-refractivity contribution in [2.24, 2.45) is 0 Å². The van der Waals surface area contributed by atoms with Gasteiger partial charge in [-0.25, -0.2) is 0 Å². The molecule has 0 N–H and O–H groups in total. The van der Waals surface area contributed by atoms with Gasteiger partial charge < -0.3 is 0 Å². The predicted octanol–water partition coefficient (Wildman–Crippen LogP) is 2.81. The minimum atomic E-state index is 0.723. The van der Waals surface area contributed by atoms with E-state index in [1.807, 2.05) is 0 Å². The molecule has 0 aromatic heterocycles. The summed E-state index contributed by atoms with van der Waals surface area (Å²) < 4.78 is 1.25. The lowest BCUT2D eigenvalue weighted by atomic mass is 10.1. The van der Waals surface area contributed by atoms with Gasteiger partial charge in [0, 0.05) is 9.99 Å². The molecule has 1 aromatic carbocycles. The number of hydrogen-bond acceptors (Lipinski definition) is 0. The molecule has 0 unspecified atom stereocenters. The molecule has 0 saturated carbocycles. The zero-order valence-electron chi connectivity index (χ0n) is 6.10. The second-order valence-electron chi connectivity index (χ2n) is 2.30. The van der Waals surface area contributed by atoms with E-state index in [1.165, 1.54) is 9.13 Å². The molecule has 1 radical (unpaired) electrons. The average molecular weight is 255 g/mol. The molecule has 1 heteroatoms. The maximum atomic E-state index is 6.74. The molecule has 0 spiro atoms. The highest BCUT2D eigenvalue weighted by atomic mass is 127. The molecule has 0 bridgehead atoms. The predicted molar refractivity (Wildman–Crippen MR) is 54.6 cm³/mol. The van der Waals surface area contributed by atoms with E-state index in [9.17, 15) is 0 Å². The van der Waals surface area contributed by atoms with Crippen molar-refractivity contribution in [2.75, 3.05) is 0 Å². The average Bonchev–Trinajstić information content (AvgIpc) is 2.04. The van der Waals surface area contributed by atoms with Gasteiger partial charge >= 0.3 is 0 Å². The quantitative estimate of drug-likeness (QED) is 0.563. The molecule has 0 atom stereocenters. The summed E-state index contributed by atoms with van der Waals surface area (Å²) in [5.41, 5.74) is 1.28. The van der Waals surface area contributed by atoms with E-state index < -0.39 is 0 Å². The highest BCUT2D eigenvalue weighted by Crippen LogP contribution is 2.07. The summed E-state index contributed by atoms with van der Waals surface area (Å²) in [7, 11) is 0. The molecular weight excluding hydrogens is 247 g/mol. The molecule has 11 heavy (non-hydrogen) atoms. The van der Waals surface area contributed by atoms with Gasteiger partial charge in [0.05, 0.1) is 0 Å². The van der Waals surface area contributed by atoms with Crippen LogP contribution in [-0.4, -0.2) is 0 Å². The SMILES string of the molecule is [C]#CCCc1ccc(I)cc1. The Hall–Kier alpha value is -0.490. The fraction of sp³-hybridized carbons (Fsp3) is 0.200. The molecule has 0 aliphatic rings. The molecule has 1 aromatic rings. The zero-order valence-corrected chi connectivity index (χ0v) is 8.26. The fourth-order valence-corrected chi connectivity index (χ4v) is 1.22. The lowest BCUT2D eigenvalue weighted by Gasteiger charge is -1.96. The van der Waals surface area contributed by atoms with Crippen LogP contribution < -0.4 is 0 Å². The molecule has 0 fully saturated rings. The van der Waals surface area contributed by atoms with Crippen molar-refractivity contribution in [2.45, 2.75) is 12.8 Å². The maximum absolute atomic E-state index is 6.74. The summed E-state index contributed by atoms with van der Waals surface area (Å²) in [6.45, 7) is 0. The monoisotopic (exact) mass is 255 g/mol. The number of rotatable bonds is 2. The Balaban J connectivity index is 2.60. The molecule has 0 nitrogen and oxygen atoms in total. The minimum Gasteiger partial charge on any atom is -0.0888 e. The van der Waals surface area contributed by atoms with Crippen LogP contribution >= 0.6 is 22.6 Å². The van der Waals surface area contributed by atoms with Crippen LogP contribution in [0.4, 0.5) is 0 Å². The molecule has 0 aliphatic carbocycles. The van der Waals surface area contributed by atoms with Crippen molar-refractivity contribution in [1.29, 1.82) is 0 Å². The van der Waals surface area contributed by atoms with Crippen molar-refractivity contribution in [1.82, 2.24) is 0 Å². The highest BCUT2D eigenvalue weighted by molar-refractivity contribution is 14.1. The van der Waals surface area contributed by atoms with Gasteiger partial charge in [0.2, 0.25) is 0 Å². The zero-order chi connectivity index (χ0) is 8.10. The van der Waals surface area contributed by atoms with E-state index in [1.54, 1.807) is 0 Å². The van der Waals surface area contributed by atoms with Crippen molar-refractivity contribution in [3.63, 3.8) is 0 Å². The molecule has 0 aliphatic heterocycles. The van der Waals surface area contributed by atoms with Gasteiger partial charge in [-0.2, -0.15) is 0 Å². The van der Waals surface area contributed by atoms with Crippen LogP contribution in [0, 0.1) is 15.9 Å². The van der Waals surface area contributed by atoms with E-state index in [2.05, 4.69) is 52.8 Å². The van der Waals surface area contributed by atoms with Crippen molar-refractivity contribution in [3.05, 3.63) is 39.8 Å². The molecule has 0 heterocycles. The lowest BCUT2D eigenvalue weighted by Crippen LogP contribution is -1.82. The third-order valence-electron chi connectivity index (χ3n) is 1.45. The second-order valence-corrected chi connectivity index (χ2v) is 3.55. The summed E-state index contributed by atoms with van der Waals surface area (Å²) >= 11 is 2.28. The highest BCUT2D eigenvalue weighted by Gasteiger charge is 1.90. The Morgan fingerprint density at radius 2 is 1.91 bits per heavy atom. The normalized spacial score (nSPS) is 9.09. The minimum absolute atomic E-state index is 0.723. The third-order valence-corrected chi connectivity index (χ3v) is 2.17. The van der Waals surface area contributed by atoms with Crippen LogP contribution in [0.1, 0.15) is 12.0 Å². The number of hydrogen-bond donors (Lipinski definition) is 0. The van der Waals surface area contributed by atoms with Crippen molar-refractivity contribution < 1.29 is 0 Å². The first-order valence-corrected chi connectivity index (χ1v) is 4.55. The first-order chi connectivity index (χ1) is 5.33. The Labute approximate surface area is 81.2 Å². The molecule has 0 amide bonds. The van der Waals surface area contributed by atoms with Crippen LogP contribution in [0.25, 0.3) is 0 Å². The van der Waals surface area contributed by atoms with Crippen LogP contribution in [-0.2, 0) is 6.42 Å². The van der Waals surface area contributed by atoms with E-state index in [0.29, 0.717) is 0 Å². The molecule has 55 valence electrons. The van der Waals surface area contributed by atoms with Crippen molar-refractivity contribution >= 4 is 22.6 Å². The Morgan fingerprint density at radius 1 is 1.27 bits per heavy atom. The van der Waals surface area contributed by atoms with E-state index in [4.69, 9.17) is 6.42 Å². The second kappa shape index (κ2) is 4.40. The van der Waals surface area contributed by atoms with Crippen LogP contribution in [0.15, 0.2) is 24.3 Å². The van der Waals surface area contributed by atoms with Gasteiger partial charge in [0.25, 0.3) is 0 Å². The van der Waals surface area contributed by atoms with Gasteiger partial charge in [-0.3, -0.25) is 0 Å². The summed E-state index contributed by atoms with van der Waals surface area (Å²) in [6, 6.07) is 8.36. The largest absolute Gasteiger partial charge is 0.0888 e. The number of halogens is 1. The van der Waals surface area contributed by atoms with Crippen molar-refractivity contribution in [3.8, 4) is 5.92 Å². The number of benzene rings is 1. The Bertz CT molecular complexity index is 253. The van der Waals surface area contributed by atoms with E-state index in [-0.39, 0.29) is 0 Å². The summed E-state index contributed by atoms with van der Waals surface area (Å²) in [6.07, 6.45) is 8.40. The Morgan fingerprint density at radius 3 is 2.45 bits per heavy atom. The number of aryl methyl sites for hydroxylation is 1. The van der Waals surface area contributed by atoms with Gasteiger partial charge in [0.15, 0.2) is 0 Å². The van der Waals surface area contributed by atoms with Gasteiger partial charge in [-0.1, -0.05) is 18.1 Å². The maximum Gasteiger partial charge on any atom is 0.0139 e. The van der Waals surface area contributed by atoms with Gasteiger partial charge in [-0.15, -0.1) is 0 Å². The molecule has 0 saturated heterocycles. The van der Waals surface area contributed by atoms with E-state index in [0.717, 1.165) is 12.8 Å². The summed E-state index contributed by atoms with van der Waals surface area (Å²) in [5, 5.41) is 0. The summed E-state index contributed by atoms with van der Waals surface area (Å²) in [5.74, 6) is 2.38. The lowest BCUT2D eigenvalue weighted by molar-refractivity contribution is 1.03. The smallest absolute Gasteiger partial charge is 0.0139 e. The standard InChI is InChI=1S/C10H8I/c1-2-3-4-9-5-7-10(11)8-6-9/h5-8H,3-4H2. The first kappa shape index (κ1) is 8.61. The van der Waals surface area contributed by atoms with Gasteiger partial charge in [0.1, 0.15) is 0 Å². The fourth-order valence-electron chi connectivity index (χ4n) is 0.858. The topological polar surface area (TPSA) is 0 Å². The Kier molecular flexibility index (Phi) is 3.44. The van der Waals surface area contributed by atoms with E-state index >= 15 is 0 Å². The van der Waals surface area contributed by atoms with Crippen LogP contribution in [0.5, 0.6) is 0 Å². The third kappa shape index (κ3) is 2.94. The van der Waals surface area contributed by atoms with Crippen LogP contribution in [0.3, 0.4) is 0 Å².